The summed E-state index contributed by atoms with van der Waals surface area (Å²) in [6.07, 6.45) is 1.34. The highest BCUT2D eigenvalue weighted by molar-refractivity contribution is 5.55. The molecule has 0 spiro atoms. The Morgan fingerprint density at radius 3 is 2.84 bits per heavy atom. The molecule has 2 rings (SSSR count). The van der Waals surface area contributed by atoms with Crippen molar-refractivity contribution in [3.8, 4) is 11.5 Å². The fourth-order valence-electron chi connectivity index (χ4n) is 2.38. The van der Waals surface area contributed by atoms with Crippen molar-refractivity contribution in [2.45, 2.75) is 39.3 Å². The highest BCUT2D eigenvalue weighted by Crippen LogP contribution is 2.28. The van der Waals surface area contributed by atoms with E-state index in [2.05, 4.69) is 18.7 Å². The van der Waals surface area contributed by atoms with Crippen molar-refractivity contribution in [2.24, 2.45) is 0 Å². The predicted octanol–water partition coefficient (Wildman–Crippen LogP) is 2.53. The molecule has 19 heavy (non-hydrogen) atoms. The average Bonchev–Trinajstić information content (AvgIpc) is 2.82. The molecule has 4 nitrogen and oxygen atoms in total. The highest BCUT2D eigenvalue weighted by Gasteiger charge is 2.25. The number of rotatable bonds is 5. The van der Waals surface area contributed by atoms with Crippen molar-refractivity contribution in [3.05, 3.63) is 18.2 Å². The van der Waals surface area contributed by atoms with E-state index in [1.807, 2.05) is 25.1 Å². The molecule has 4 heteroatoms. The van der Waals surface area contributed by atoms with Crippen LogP contribution in [-0.2, 0) is 0 Å². The van der Waals surface area contributed by atoms with Crippen LogP contribution in [0, 0.1) is 0 Å². The van der Waals surface area contributed by atoms with Crippen molar-refractivity contribution in [1.82, 2.24) is 4.90 Å². The maximum absolute atomic E-state index is 6.02. The van der Waals surface area contributed by atoms with Crippen LogP contribution in [0.3, 0.4) is 0 Å². The number of likely N-dealkylation sites (tertiary alicyclic amines) is 1. The summed E-state index contributed by atoms with van der Waals surface area (Å²) < 4.78 is 11.5. The summed E-state index contributed by atoms with van der Waals surface area (Å²) >= 11 is 0. The van der Waals surface area contributed by atoms with Crippen LogP contribution in [0.5, 0.6) is 11.5 Å². The van der Waals surface area contributed by atoms with Gasteiger partial charge in [-0.3, -0.25) is 4.90 Å². The second-order valence-electron chi connectivity index (χ2n) is 5.25. The van der Waals surface area contributed by atoms with Crippen LogP contribution in [-0.4, -0.2) is 36.7 Å². The minimum atomic E-state index is 0.264. The van der Waals surface area contributed by atoms with E-state index in [1.165, 1.54) is 0 Å². The molecule has 1 aromatic rings. The maximum Gasteiger partial charge on any atom is 0.145 e. The molecule has 1 atom stereocenters. The van der Waals surface area contributed by atoms with E-state index in [0.717, 1.165) is 25.3 Å². The highest BCUT2D eigenvalue weighted by atomic mass is 16.5. The summed E-state index contributed by atoms with van der Waals surface area (Å²) in [6, 6.07) is 6.22. The van der Waals surface area contributed by atoms with Gasteiger partial charge in [-0.25, -0.2) is 0 Å². The Morgan fingerprint density at radius 1 is 1.42 bits per heavy atom. The summed E-state index contributed by atoms with van der Waals surface area (Å²) in [4.78, 5) is 2.44. The molecule has 0 bridgehead atoms. The van der Waals surface area contributed by atoms with E-state index < -0.39 is 0 Å². The van der Waals surface area contributed by atoms with Gasteiger partial charge < -0.3 is 15.2 Å². The Labute approximate surface area is 115 Å². The third-order valence-corrected chi connectivity index (χ3v) is 3.49. The van der Waals surface area contributed by atoms with Gasteiger partial charge in [0.15, 0.2) is 0 Å². The van der Waals surface area contributed by atoms with Gasteiger partial charge in [-0.15, -0.1) is 0 Å². The minimum absolute atomic E-state index is 0.264. The predicted molar refractivity (Wildman–Crippen MR) is 77.8 cm³/mol. The van der Waals surface area contributed by atoms with Crippen LogP contribution in [0.2, 0.25) is 0 Å². The lowest BCUT2D eigenvalue weighted by molar-refractivity contribution is 0.186. The Hall–Kier alpha value is -1.42. The first kappa shape index (κ1) is 14.0. The number of hydrogen-bond acceptors (Lipinski definition) is 4. The van der Waals surface area contributed by atoms with Crippen LogP contribution >= 0.6 is 0 Å². The molecular weight excluding hydrogens is 240 g/mol. The normalized spacial score (nSPS) is 19.9. The molecule has 0 aliphatic carbocycles. The molecule has 0 radical (unpaired) electrons. The molecule has 1 aromatic carbocycles. The summed E-state index contributed by atoms with van der Waals surface area (Å²) in [7, 11) is 0. The number of ether oxygens (including phenoxy) is 2. The first-order valence-corrected chi connectivity index (χ1v) is 7.03. The lowest BCUT2D eigenvalue weighted by Crippen LogP contribution is -2.30. The molecular formula is C15H24N2O2. The molecule has 1 fully saturated rings. The molecule has 2 N–H and O–H groups in total. The first-order valence-electron chi connectivity index (χ1n) is 7.03. The van der Waals surface area contributed by atoms with Crippen molar-refractivity contribution in [1.29, 1.82) is 0 Å². The molecule has 1 heterocycles. The fraction of sp³-hybridized carbons (Fsp3) is 0.600. The van der Waals surface area contributed by atoms with Gasteiger partial charge in [-0.2, -0.15) is 0 Å². The SMILES string of the molecule is CCOc1cc(OC2CCN(C(C)C)C2)ccc1N. The zero-order valence-corrected chi connectivity index (χ0v) is 12.1. The van der Waals surface area contributed by atoms with Gasteiger partial charge in [-0.1, -0.05) is 0 Å². The van der Waals surface area contributed by atoms with Crippen molar-refractivity contribution >= 4 is 5.69 Å². The summed E-state index contributed by atoms with van der Waals surface area (Å²) in [5, 5.41) is 0. The quantitative estimate of drug-likeness (QED) is 0.830. The lowest BCUT2D eigenvalue weighted by Gasteiger charge is -2.20. The number of anilines is 1. The molecule has 1 aliphatic rings. The standard InChI is InChI=1S/C15H24N2O2/c1-4-18-15-9-12(5-6-14(15)16)19-13-7-8-17(10-13)11(2)3/h5-6,9,11,13H,4,7-8,10,16H2,1-3H3. The Balaban J connectivity index is 1.98. The Kier molecular flexibility index (Phi) is 4.53. The van der Waals surface area contributed by atoms with Crippen LogP contribution in [0.4, 0.5) is 5.69 Å². The summed E-state index contributed by atoms with van der Waals surface area (Å²) in [5.74, 6) is 1.55. The zero-order valence-electron chi connectivity index (χ0n) is 12.1. The topological polar surface area (TPSA) is 47.7 Å². The number of hydrogen-bond donors (Lipinski definition) is 1. The number of nitrogens with zero attached hydrogens (tertiary/aromatic N) is 1. The van der Waals surface area contributed by atoms with Gasteiger partial charge in [0, 0.05) is 25.2 Å². The summed E-state index contributed by atoms with van der Waals surface area (Å²) in [6.45, 7) is 9.10. The van der Waals surface area contributed by atoms with Gasteiger partial charge in [-0.05, 0) is 39.3 Å². The Morgan fingerprint density at radius 2 is 2.21 bits per heavy atom. The number of nitrogen functional groups attached to an aromatic ring is 1. The van der Waals surface area contributed by atoms with Gasteiger partial charge in [0.2, 0.25) is 0 Å². The van der Waals surface area contributed by atoms with Crippen LogP contribution in [0.1, 0.15) is 27.2 Å². The second-order valence-corrected chi connectivity index (χ2v) is 5.25. The number of nitrogens with two attached hydrogens (primary N) is 1. The molecule has 1 aliphatic heterocycles. The third kappa shape index (κ3) is 3.53. The lowest BCUT2D eigenvalue weighted by atomic mass is 10.2. The maximum atomic E-state index is 6.02. The van der Waals surface area contributed by atoms with Gasteiger partial charge >= 0.3 is 0 Å². The molecule has 106 valence electrons. The van der Waals surface area contributed by atoms with E-state index in [4.69, 9.17) is 15.2 Å². The Bertz CT molecular complexity index is 421. The van der Waals surface area contributed by atoms with Crippen molar-refractivity contribution < 1.29 is 9.47 Å². The van der Waals surface area contributed by atoms with E-state index in [1.54, 1.807) is 0 Å². The summed E-state index contributed by atoms with van der Waals surface area (Å²) in [5.41, 5.74) is 6.51. The first-order chi connectivity index (χ1) is 9.10. The smallest absolute Gasteiger partial charge is 0.145 e. The monoisotopic (exact) mass is 264 g/mol. The molecule has 0 amide bonds. The minimum Gasteiger partial charge on any atom is -0.492 e. The van der Waals surface area contributed by atoms with Crippen molar-refractivity contribution in [3.63, 3.8) is 0 Å². The van der Waals surface area contributed by atoms with E-state index in [0.29, 0.717) is 24.1 Å². The molecule has 0 saturated carbocycles. The number of benzene rings is 1. The van der Waals surface area contributed by atoms with E-state index in [9.17, 15) is 0 Å². The van der Waals surface area contributed by atoms with Crippen molar-refractivity contribution in [2.75, 3.05) is 25.4 Å². The fourth-order valence-corrected chi connectivity index (χ4v) is 2.38. The van der Waals surface area contributed by atoms with Crippen LogP contribution in [0.15, 0.2) is 18.2 Å². The molecule has 0 aromatic heterocycles. The van der Waals surface area contributed by atoms with E-state index in [-0.39, 0.29) is 6.10 Å². The molecule has 1 unspecified atom stereocenters. The largest absolute Gasteiger partial charge is 0.492 e. The van der Waals surface area contributed by atoms with Gasteiger partial charge in [0.1, 0.15) is 17.6 Å². The van der Waals surface area contributed by atoms with Crippen LogP contribution < -0.4 is 15.2 Å². The van der Waals surface area contributed by atoms with Crippen LogP contribution in [0.25, 0.3) is 0 Å². The van der Waals surface area contributed by atoms with Gasteiger partial charge in [0.25, 0.3) is 0 Å². The average molecular weight is 264 g/mol. The zero-order chi connectivity index (χ0) is 13.8. The molecule has 1 saturated heterocycles. The van der Waals surface area contributed by atoms with E-state index >= 15 is 0 Å². The van der Waals surface area contributed by atoms with Gasteiger partial charge in [0.05, 0.1) is 12.3 Å². The second kappa shape index (κ2) is 6.15. The third-order valence-electron chi connectivity index (χ3n) is 3.49.